The summed E-state index contributed by atoms with van der Waals surface area (Å²) in [5.74, 6) is 1.57. The zero-order chi connectivity index (χ0) is 16.2. The molecule has 2 aromatic rings. The van der Waals surface area contributed by atoms with Crippen LogP contribution in [0.25, 0.3) is 0 Å². The molecule has 1 atom stereocenters. The molecule has 7 heteroatoms. The molecule has 0 radical (unpaired) electrons. The molecule has 0 spiro atoms. The van der Waals surface area contributed by atoms with E-state index in [1.54, 1.807) is 48.2 Å². The number of amides is 2. The molecule has 120 valence electrons. The molecule has 2 amide bonds. The lowest BCUT2D eigenvalue weighted by Gasteiger charge is -2.23. The van der Waals surface area contributed by atoms with Gasteiger partial charge in [0.05, 0.1) is 11.4 Å². The molecule has 1 aromatic heterocycles. The number of hydrogen-bond acceptors (Lipinski definition) is 5. The number of rotatable bonds is 5. The number of fused-ring (bicyclic) bond motifs is 1. The van der Waals surface area contributed by atoms with Gasteiger partial charge in [-0.05, 0) is 36.6 Å². The van der Waals surface area contributed by atoms with Gasteiger partial charge >= 0.3 is 0 Å². The molecule has 1 aliphatic rings. The van der Waals surface area contributed by atoms with E-state index in [-0.39, 0.29) is 11.8 Å². The Morgan fingerprint density at radius 3 is 3.09 bits per heavy atom. The number of thioether (sulfide) groups is 1. The number of benzene rings is 1. The van der Waals surface area contributed by atoms with Crippen molar-refractivity contribution in [1.29, 1.82) is 0 Å². The quantitative estimate of drug-likeness (QED) is 0.870. The molecule has 2 N–H and O–H groups in total. The second-order valence-corrected chi connectivity index (χ2v) is 7.10. The van der Waals surface area contributed by atoms with Gasteiger partial charge in [-0.3, -0.25) is 9.59 Å². The normalized spacial score (nSPS) is 16.2. The molecular weight excluding hydrogens is 332 g/mol. The Bertz CT molecular complexity index is 716. The first kappa shape index (κ1) is 15.9. The van der Waals surface area contributed by atoms with Crippen LogP contribution in [-0.2, 0) is 15.3 Å². The third-order valence-electron chi connectivity index (χ3n) is 3.25. The van der Waals surface area contributed by atoms with Gasteiger partial charge in [-0.25, -0.2) is 0 Å². The first-order valence-corrected chi connectivity index (χ1v) is 9.17. The molecule has 0 aliphatic carbocycles. The van der Waals surface area contributed by atoms with Crippen LogP contribution in [0.1, 0.15) is 11.8 Å². The number of hydrogen-bond donors (Lipinski definition) is 2. The maximum atomic E-state index is 12.0. The minimum atomic E-state index is -0.503. The predicted molar refractivity (Wildman–Crippen MR) is 94.3 cm³/mol. The molecule has 3 rings (SSSR count). The lowest BCUT2D eigenvalue weighted by atomic mass is 10.2. The van der Waals surface area contributed by atoms with Crippen LogP contribution < -0.4 is 15.4 Å². The molecule has 0 saturated carbocycles. The molecule has 1 aliphatic heterocycles. The number of carbonyl (C=O) groups excluding carboxylic acids is 2. The Balaban J connectivity index is 1.54. The number of thiophene rings is 1. The van der Waals surface area contributed by atoms with Crippen LogP contribution in [0, 0.1) is 0 Å². The number of anilines is 2. The van der Waals surface area contributed by atoms with E-state index in [2.05, 4.69) is 16.7 Å². The molecule has 23 heavy (non-hydrogen) atoms. The van der Waals surface area contributed by atoms with Gasteiger partial charge < -0.3 is 15.4 Å². The average Bonchev–Trinajstić information content (AvgIpc) is 3.02. The molecular formula is C16H16N2O3S2. The van der Waals surface area contributed by atoms with Gasteiger partial charge in [0.1, 0.15) is 5.75 Å². The molecule has 0 saturated heterocycles. The number of nitrogens with one attached hydrogen (secondary N) is 2. The number of ether oxygens (including phenoxy) is 1. The van der Waals surface area contributed by atoms with E-state index < -0.39 is 6.10 Å². The Morgan fingerprint density at radius 2 is 2.30 bits per heavy atom. The average molecular weight is 348 g/mol. The Kier molecular flexibility index (Phi) is 4.88. The second-order valence-electron chi connectivity index (χ2n) is 5.08. The molecule has 0 bridgehead atoms. The van der Waals surface area contributed by atoms with Crippen LogP contribution in [0.3, 0.4) is 0 Å². The summed E-state index contributed by atoms with van der Waals surface area (Å²) in [6.45, 7) is 1.69. The van der Waals surface area contributed by atoms with Crippen LogP contribution in [-0.4, -0.2) is 23.7 Å². The molecule has 5 nitrogen and oxygen atoms in total. The third-order valence-corrected chi connectivity index (χ3v) is 5.29. The Morgan fingerprint density at radius 1 is 1.43 bits per heavy atom. The third kappa shape index (κ3) is 4.05. The van der Waals surface area contributed by atoms with Crippen LogP contribution in [0.4, 0.5) is 11.4 Å². The monoisotopic (exact) mass is 348 g/mol. The maximum Gasteiger partial charge on any atom is 0.265 e. The van der Waals surface area contributed by atoms with Crippen molar-refractivity contribution in [3.63, 3.8) is 0 Å². The highest BCUT2D eigenvalue weighted by atomic mass is 32.2. The summed E-state index contributed by atoms with van der Waals surface area (Å²) in [5, 5.41) is 7.63. The fourth-order valence-electron chi connectivity index (χ4n) is 2.12. The van der Waals surface area contributed by atoms with Gasteiger partial charge in [0, 0.05) is 16.3 Å². The van der Waals surface area contributed by atoms with Crippen molar-refractivity contribution in [3.05, 3.63) is 40.6 Å². The van der Waals surface area contributed by atoms with E-state index in [0.29, 0.717) is 22.9 Å². The van der Waals surface area contributed by atoms with E-state index in [1.165, 1.54) is 4.88 Å². The predicted octanol–water partition coefficient (Wildman–Crippen LogP) is 3.34. The first-order valence-electron chi connectivity index (χ1n) is 7.13. The van der Waals surface area contributed by atoms with E-state index >= 15 is 0 Å². The van der Waals surface area contributed by atoms with Crippen molar-refractivity contribution < 1.29 is 14.3 Å². The van der Waals surface area contributed by atoms with E-state index in [1.807, 2.05) is 11.4 Å². The van der Waals surface area contributed by atoms with Crippen molar-refractivity contribution in [2.24, 2.45) is 0 Å². The molecule has 0 unspecified atom stereocenters. The largest absolute Gasteiger partial charge is 0.479 e. The van der Waals surface area contributed by atoms with Crippen LogP contribution in [0.5, 0.6) is 5.75 Å². The summed E-state index contributed by atoms with van der Waals surface area (Å²) in [6.07, 6.45) is -0.503. The zero-order valence-corrected chi connectivity index (χ0v) is 14.1. The summed E-state index contributed by atoms with van der Waals surface area (Å²) in [7, 11) is 0. The minimum Gasteiger partial charge on any atom is -0.479 e. The fourth-order valence-corrected chi connectivity index (χ4v) is 3.79. The molecule has 1 aromatic carbocycles. The van der Waals surface area contributed by atoms with Crippen molar-refractivity contribution in [3.8, 4) is 5.75 Å². The van der Waals surface area contributed by atoms with Gasteiger partial charge in [0.2, 0.25) is 5.91 Å². The summed E-state index contributed by atoms with van der Waals surface area (Å²) in [5.41, 5.74) is 1.22. The van der Waals surface area contributed by atoms with Crippen molar-refractivity contribution in [2.75, 3.05) is 16.4 Å². The minimum absolute atomic E-state index is 0.0667. The standard InChI is InChI=1S/C16H16N2O3S2/c1-10-16(20)18-13-7-11(4-5-14(13)21-10)17-15(19)9-22-8-12-3-2-6-23-12/h2-7,10H,8-9H2,1H3,(H,17,19)(H,18,20)/t10-/m1/s1. The van der Waals surface area contributed by atoms with E-state index in [0.717, 1.165) is 5.75 Å². The SMILES string of the molecule is C[C@H]1Oc2ccc(NC(=O)CSCc3cccs3)cc2NC1=O. The van der Waals surface area contributed by atoms with Gasteiger partial charge in [0.25, 0.3) is 5.91 Å². The fraction of sp³-hybridized carbons (Fsp3) is 0.250. The lowest BCUT2D eigenvalue weighted by molar-refractivity contribution is -0.122. The topological polar surface area (TPSA) is 67.4 Å². The van der Waals surface area contributed by atoms with Gasteiger partial charge in [0.15, 0.2) is 6.10 Å². The van der Waals surface area contributed by atoms with Crippen LogP contribution >= 0.6 is 23.1 Å². The highest BCUT2D eigenvalue weighted by Crippen LogP contribution is 2.32. The van der Waals surface area contributed by atoms with Crippen LogP contribution in [0.2, 0.25) is 0 Å². The van der Waals surface area contributed by atoms with E-state index in [9.17, 15) is 9.59 Å². The molecule has 0 fully saturated rings. The lowest BCUT2D eigenvalue weighted by Crippen LogP contribution is -2.34. The second kappa shape index (κ2) is 7.06. The van der Waals surface area contributed by atoms with Crippen molar-refractivity contribution >= 4 is 46.3 Å². The summed E-state index contributed by atoms with van der Waals surface area (Å²) >= 11 is 3.26. The van der Waals surface area contributed by atoms with Crippen molar-refractivity contribution in [2.45, 2.75) is 18.8 Å². The van der Waals surface area contributed by atoms with Gasteiger partial charge in [-0.1, -0.05) is 6.07 Å². The van der Waals surface area contributed by atoms with Gasteiger partial charge in [-0.15, -0.1) is 23.1 Å². The zero-order valence-electron chi connectivity index (χ0n) is 12.5. The Labute approximate surface area is 142 Å². The summed E-state index contributed by atoms with van der Waals surface area (Å²) < 4.78 is 5.48. The highest BCUT2D eigenvalue weighted by Gasteiger charge is 2.23. The number of carbonyl (C=O) groups is 2. The van der Waals surface area contributed by atoms with Gasteiger partial charge in [-0.2, -0.15) is 0 Å². The van der Waals surface area contributed by atoms with E-state index in [4.69, 9.17) is 4.74 Å². The Hall–Kier alpha value is -1.99. The summed E-state index contributed by atoms with van der Waals surface area (Å²) in [4.78, 5) is 24.9. The van der Waals surface area contributed by atoms with Crippen molar-refractivity contribution in [1.82, 2.24) is 0 Å². The maximum absolute atomic E-state index is 12.0. The first-order chi connectivity index (χ1) is 11.1. The smallest absolute Gasteiger partial charge is 0.265 e. The molecule has 2 heterocycles. The summed E-state index contributed by atoms with van der Waals surface area (Å²) in [6, 6.07) is 9.29. The van der Waals surface area contributed by atoms with Crippen LogP contribution in [0.15, 0.2) is 35.7 Å². The highest BCUT2D eigenvalue weighted by molar-refractivity contribution is 7.99.